The second-order valence-electron chi connectivity index (χ2n) is 2.53. The zero-order valence-electron chi connectivity index (χ0n) is 11.2. The average Bonchev–Trinajstić information content (AvgIpc) is 2.51. The van der Waals surface area contributed by atoms with Crippen molar-refractivity contribution in [2.24, 2.45) is 5.41 Å². The van der Waals surface area contributed by atoms with Crippen LogP contribution in [0.3, 0.4) is 0 Å². The molecule has 0 aliphatic heterocycles. The maximum atomic E-state index is 7.75. The molecule has 1 radical (unpaired) electrons. The Morgan fingerprint density at radius 3 is 0.700 bits per heavy atom. The van der Waals surface area contributed by atoms with Gasteiger partial charge in [-0.05, 0) is 0 Å². The van der Waals surface area contributed by atoms with Gasteiger partial charge in [0, 0.05) is 16.8 Å². The molecule has 6 nitrogen and oxygen atoms in total. The van der Waals surface area contributed by atoms with Gasteiger partial charge in [-0.2, -0.15) is 5.41 Å². The van der Waals surface area contributed by atoms with E-state index in [-0.39, 0.29) is 33.6 Å². The Bertz CT molecular complexity index is 102. The SMILES string of the molecule is CC(C)(C)[CH-]P.[CH-]=O.[CH-]=O.[CH-]=O.[CH-]=O.[CH-]=O.[CH-]=O.[Co+3].[Co]. The van der Waals surface area contributed by atoms with Crippen LogP contribution in [0.25, 0.3) is 0 Å². The Labute approximate surface area is 144 Å². The predicted molar refractivity (Wildman–Crippen MR) is 74.0 cm³/mol. The molecule has 0 spiro atoms. The topological polar surface area (TPSA) is 102 Å². The third-order valence-corrected chi connectivity index (χ3v) is 1.50. The summed E-state index contributed by atoms with van der Waals surface area (Å²) in [5.41, 5.74) is 0.380. The van der Waals surface area contributed by atoms with Crippen molar-refractivity contribution < 1.29 is 62.3 Å². The standard InChI is InChI=1S/C5H12P.6CHO.2Co/c1-5(2,3)4-6;6*1-2;;/h4H,6H2,1-3H3;6*1H;;/q7*-1;;+3. The van der Waals surface area contributed by atoms with Crippen LogP contribution in [-0.4, -0.2) is 40.7 Å². The van der Waals surface area contributed by atoms with Crippen LogP contribution in [0.2, 0.25) is 0 Å². The number of rotatable bonds is 0. The number of carbonyl (C=O) groups excluding carboxylic acids is 6. The van der Waals surface area contributed by atoms with Crippen molar-refractivity contribution in [1.29, 1.82) is 0 Å². The van der Waals surface area contributed by atoms with E-state index in [9.17, 15) is 0 Å². The van der Waals surface area contributed by atoms with Gasteiger partial charge in [-0.15, -0.1) is 0 Å². The molecule has 0 N–H and O–H groups in total. The van der Waals surface area contributed by atoms with Gasteiger partial charge in [0.2, 0.25) is 0 Å². The van der Waals surface area contributed by atoms with Crippen LogP contribution < -0.4 is 0 Å². The maximum Gasteiger partial charge on any atom is 3.00 e. The summed E-state index contributed by atoms with van der Waals surface area (Å²) < 4.78 is 0. The molecule has 1 unspecified atom stereocenters. The number of hydrogen-bond acceptors (Lipinski definition) is 6. The molecular formula is C11H18Co2O6P-4. The molecule has 0 aromatic heterocycles. The summed E-state index contributed by atoms with van der Waals surface area (Å²) in [5, 5.41) is 0. The first-order chi connectivity index (χ1) is 8.56. The Morgan fingerprint density at radius 2 is 0.700 bits per heavy atom. The van der Waals surface area contributed by atoms with Crippen molar-refractivity contribution in [2.45, 2.75) is 20.8 Å². The fraction of sp³-hybridized carbons (Fsp3) is 0.364. The molecule has 1 atom stereocenters. The maximum absolute atomic E-state index is 7.75. The van der Waals surface area contributed by atoms with Gasteiger partial charge >= 0.3 is 16.8 Å². The van der Waals surface area contributed by atoms with Crippen molar-refractivity contribution in [2.75, 3.05) is 0 Å². The molecule has 9 heteroatoms. The summed E-state index contributed by atoms with van der Waals surface area (Å²) in [6.07, 6.45) is 2.10. The van der Waals surface area contributed by atoms with Crippen LogP contribution in [0.15, 0.2) is 0 Å². The summed E-state index contributed by atoms with van der Waals surface area (Å²) in [4.78, 5) is 46.5. The molecule has 0 aliphatic carbocycles. The van der Waals surface area contributed by atoms with E-state index in [2.05, 4.69) is 76.9 Å². The fourth-order valence-electron chi connectivity index (χ4n) is 0. The normalized spacial score (nSPS) is 4.80. The fourth-order valence-corrected chi connectivity index (χ4v) is 0. The molecule has 0 rings (SSSR count). The zero-order valence-corrected chi connectivity index (χ0v) is 14.5. The van der Waals surface area contributed by atoms with Crippen LogP contribution in [-0.2, 0) is 62.3 Å². The van der Waals surface area contributed by atoms with Crippen LogP contribution in [0.1, 0.15) is 20.8 Å². The molecule has 0 amide bonds. The van der Waals surface area contributed by atoms with Gasteiger partial charge in [-0.1, -0.05) is 20.8 Å². The van der Waals surface area contributed by atoms with Gasteiger partial charge in [0.25, 0.3) is 0 Å². The molecule has 0 heterocycles. The van der Waals surface area contributed by atoms with Gasteiger partial charge in [0.1, 0.15) is 0 Å². The van der Waals surface area contributed by atoms with Gasteiger partial charge < -0.3 is 34.9 Å². The van der Waals surface area contributed by atoms with Crippen LogP contribution in [0.4, 0.5) is 0 Å². The van der Waals surface area contributed by atoms with E-state index in [1.165, 1.54) is 0 Å². The third-order valence-electron chi connectivity index (χ3n) is 0.500. The van der Waals surface area contributed by atoms with Gasteiger partial charge in [0.15, 0.2) is 0 Å². The molecule has 0 saturated carbocycles. The van der Waals surface area contributed by atoms with Crippen LogP contribution >= 0.6 is 9.24 Å². The second-order valence-corrected chi connectivity index (χ2v) is 2.87. The minimum atomic E-state index is 0. The Hall–Kier alpha value is -0.537. The van der Waals surface area contributed by atoms with E-state index >= 15 is 0 Å². The molecule has 0 saturated heterocycles. The van der Waals surface area contributed by atoms with Crippen LogP contribution in [0, 0.1) is 11.6 Å². The Balaban J connectivity index is -0.0000000109. The quantitative estimate of drug-likeness (QED) is 0.335. The molecule has 0 aromatic rings. The minimum Gasteiger partial charge on any atom is -0.545 e. The summed E-state index contributed by atoms with van der Waals surface area (Å²) in [6.45, 7) is 26.0. The molecule has 0 aliphatic rings. The molecule has 0 bridgehead atoms. The first-order valence-corrected chi connectivity index (χ1v) is 4.20. The third kappa shape index (κ3) is 780. The number of hydrogen-bond donors (Lipinski definition) is 0. The van der Waals surface area contributed by atoms with Gasteiger partial charge in [0.05, 0.1) is 0 Å². The van der Waals surface area contributed by atoms with E-state index in [0.29, 0.717) is 5.41 Å². The molecule has 0 fully saturated rings. The molecule has 125 valence electrons. The second kappa shape index (κ2) is 135. The summed E-state index contributed by atoms with van der Waals surface area (Å²) in [6, 6.07) is 0. The average molecular weight is 395 g/mol. The molecular weight excluding hydrogens is 377 g/mol. The molecule has 0 aromatic carbocycles. The zero-order chi connectivity index (χ0) is 17.2. The van der Waals surface area contributed by atoms with E-state index in [1.807, 2.05) is 0 Å². The van der Waals surface area contributed by atoms with Crippen molar-refractivity contribution >= 4 is 50.0 Å². The van der Waals surface area contributed by atoms with Crippen LogP contribution in [0.5, 0.6) is 0 Å². The largest absolute Gasteiger partial charge is 3.00 e. The van der Waals surface area contributed by atoms with Gasteiger partial charge in [-0.25, -0.2) is 0 Å². The van der Waals surface area contributed by atoms with Gasteiger partial charge in [-0.3, -0.25) is 50.0 Å². The Morgan fingerprint density at radius 1 is 0.650 bits per heavy atom. The first kappa shape index (κ1) is 60.6. The Kier molecular flexibility index (Phi) is 408. The van der Waals surface area contributed by atoms with E-state index in [0.717, 1.165) is 0 Å². The van der Waals surface area contributed by atoms with E-state index in [1.54, 1.807) is 0 Å². The van der Waals surface area contributed by atoms with Crippen molar-refractivity contribution in [1.82, 2.24) is 0 Å². The van der Waals surface area contributed by atoms with E-state index in [4.69, 9.17) is 28.8 Å². The van der Waals surface area contributed by atoms with E-state index < -0.39 is 0 Å². The summed E-state index contributed by atoms with van der Waals surface area (Å²) in [7, 11) is 2.60. The smallest absolute Gasteiger partial charge is 0.545 e. The molecule has 20 heavy (non-hydrogen) atoms. The predicted octanol–water partition coefficient (Wildman–Crippen LogP) is 0.420. The summed E-state index contributed by atoms with van der Waals surface area (Å²) in [5.74, 6) is 0. The van der Waals surface area contributed by atoms with Crippen molar-refractivity contribution in [3.63, 3.8) is 0 Å². The van der Waals surface area contributed by atoms with Crippen molar-refractivity contribution in [3.8, 4) is 0 Å². The van der Waals surface area contributed by atoms with Crippen molar-refractivity contribution in [3.05, 3.63) is 6.16 Å². The minimum absolute atomic E-state index is 0. The first-order valence-electron chi connectivity index (χ1n) is 3.54. The monoisotopic (exact) mass is 395 g/mol. The summed E-state index contributed by atoms with van der Waals surface area (Å²) >= 11 is 0.